The van der Waals surface area contributed by atoms with Gasteiger partial charge in [0.15, 0.2) is 5.82 Å². The summed E-state index contributed by atoms with van der Waals surface area (Å²) in [6.45, 7) is 3.28. The highest BCUT2D eigenvalue weighted by atomic mass is 32.2. The molecule has 264 valence electrons. The summed E-state index contributed by atoms with van der Waals surface area (Å²) in [5.74, 6) is -2.99. The summed E-state index contributed by atoms with van der Waals surface area (Å²) in [5, 5.41) is 19.8. The number of benzene rings is 2. The minimum atomic E-state index is -3.89. The molecule has 0 bridgehead atoms. The van der Waals surface area contributed by atoms with Crippen molar-refractivity contribution in [3.05, 3.63) is 47.7 Å². The van der Waals surface area contributed by atoms with Crippen molar-refractivity contribution in [3.8, 4) is 23.0 Å². The van der Waals surface area contributed by atoms with Crippen molar-refractivity contribution < 1.29 is 36.2 Å². The molecule has 4 N–H and O–H groups in total. The lowest BCUT2D eigenvalue weighted by molar-refractivity contribution is -0.122. The Morgan fingerprint density at radius 1 is 1.18 bits per heavy atom. The summed E-state index contributed by atoms with van der Waals surface area (Å²) in [5.41, 5.74) is -0.344. The summed E-state index contributed by atoms with van der Waals surface area (Å²) in [6, 6.07) is 4.76. The van der Waals surface area contributed by atoms with Gasteiger partial charge in [-0.25, -0.2) is 26.7 Å². The third-order valence-electron chi connectivity index (χ3n) is 10.9. The molecular formula is C34H36F3N7O5S. The fourth-order valence-corrected chi connectivity index (χ4v) is 9.53. The molecule has 8 rings (SSSR count). The van der Waals surface area contributed by atoms with Crippen LogP contribution in [0.25, 0.3) is 32.9 Å². The lowest BCUT2D eigenvalue weighted by Gasteiger charge is -2.31. The number of fused-ring (bicyclic) bond motifs is 4. The van der Waals surface area contributed by atoms with Crippen molar-refractivity contribution >= 4 is 43.4 Å². The van der Waals surface area contributed by atoms with Gasteiger partial charge in [0, 0.05) is 49.8 Å². The zero-order valence-electron chi connectivity index (χ0n) is 27.2. The summed E-state index contributed by atoms with van der Waals surface area (Å²) >= 11 is 0. The van der Waals surface area contributed by atoms with E-state index >= 15 is 8.78 Å². The number of rotatable bonds is 8. The third kappa shape index (κ3) is 5.48. The van der Waals surface area contributed by atoms with Gasteiger partial charge >= 0.3 is 6.01 Å². The molecule has 2 aromatic carbocycles. The summed E-state index contributed by atoms with van der Waals surface area (Å²) in [6.07, 6.45) is 2.62. The summed E-state index contributed by atoms with van der Waals surface area (Å²) in [7, 11) is -3.89. The Hall–Kier alpha value is -4.28. The average molecular weight is 712 g/mol. The van der Waals surface area contributed by atoms with Gasteiger partial charge in [-0.05, 0) is 60.3 Å². The van der Waals surface area contributed by atoms with Crippen LogP contribution in [0, 0.1) is 23.5 Å². The van der Waals surface area contributed by atoms with Crippen LogP contribution in [0.15, 0.2) is 30.5 Å². The van der Waals surface area contributed by atoms with Crippen LogP contribution in [0.3, 0.4) is 0 Å². The number of sulfonamides is 1. The lowest BCUT2D eigenvalue weighted by atomic mass is 9.94. The van der Waals surface area contributed by atoms with Crippen molar-refractivity contribution in [1.82, 2.24) is 25.2 Å². The highest BCUT2D eigenvalue weighted by Gasteiger charge is 2.51. The SMILES string of the molecule is CCc1c(F)ccc2cc(O)cc(-c3ncc4c(N5C[C@@H]6[C@@H](CS(N)(=O)=O)NC(=O)[C@@H]6C5)nc(OC[C@@]56CCCN5C[C@H](F)C6)nc4c3F)c12. The van der Waals surface area contributed by atoms with Crippen molar-refractivity contribution in [1.29, 1.82) is 0 Å². The molecule has 0 radical (unpaired) electrons. The number of anilines is 1. The largest absolute Gasteiger partial charge is 0.508 e. The molecule has 4 saturated heterocycles. The second kappa shape index (κ2) is 11.9. The number of ether oxygens (including phenoxy) is 1. The molecule has 0 unspecified atom stereocenters. The maximum absolute atomic E-state index is 16.9. The normalized spacial score (nSPS) is 26.6. The van der Waals surface area contributed by atoms with E-state index in [1.165, 1.54) is 30.5 Å². The molecule has 12 nitrogen and oxygen atoms in total. The predicted molar refractivity (Wildman–Crippen MR) is 179 cm³/mol. The van der Waals surface area contributed by atoms with E-state index in [9.17, 15) is 22.7 Å². The zero-order valence-corrected chi connectivity index (χ0v) is 28.0. The average Bonchev–Trinajstić information content (AvgIpc) is 3.80. The molecule has 2 aromatic heterocycles. The van der Waals surface area contributed by atoms with Crippen LogP contribution in [0.2, 0.25) is 0 Å². The van der Waals surface area contributed by atoms with E-state index in [0.29, 0.717) is 35.7 Å². The minimum absolute atomic E-state index is 0.0817. The number of phenolic OH excluding ortho intramolecular Hbond substituents is 1. The molecule has 0 saturated carbocycles. The summed E-state index contributed by atoms with van der Waals surface area (Å²) in [4.78, 5) is 30.4. The first-order chi connectivity index (χ1) is 23.8. The van der Waals surface area contributed by atoms with Crippen molar-refractivity contribution in [2.45, 2.75) is 50.4 Å². The lowest BCUT2D eigenvalue weighted by Crippen LogP contribution is -2.43. The number of aromatic hydroxyl groups is 1. The van der Waals surface area contributed by atoms with Gasteiger partial charge in [-0.1, -0.05) is 13.0 Å². The quantitative estimate of drug-likeness (QED) is 0.247. The number of primary sulfonamides is 1. The number of nitrogens with two attached hydrogens (primary N) is 1. The van der Waals surface area contributed by atoms with Crippen molar-refractivity contribution in [2.75, 3.05) is 43.4 Å². The van der Waals surface area contributed by atoms with Crippen LogP contribution in [-0.2, 0) is 21.2 Å². The molecule has 1 amide bonds. The number of alkyl halides is 1. The van der Waals surface area contributed by atoms with Crippen LogP contribution < -0.4 is 20.1 Å². The smallest absolute Gasteiger partial charge is 0.319 e. The number of nitrogens with zero attached hydrogens (tertiary/aromatic N) is 5. The van der Waals surface area contributed by atoms with Gasteiger partial charge in [-0.2, -0.15) is 9.97 Å². The van der Waals surface area contributed by atoms with Crippen LogP contribution in [-0.4, -0.2) is 95.6 Å². The number of phenols is 1. The molecule has 4 fully saturated rings. The number of hydrogen-bond acceptors (Lipinski definition) is 10. The number of aryl methyl sites for hydroxylation is 1. The highest BCUT2D eigenvalue weighted by Crippen LogP contribution is 2.43. The van der Waals surface area contributed by atoms with E-state index in [2.05, 4.69) is 25.2 Å². The maximum atomic E-state index is 16.9. The molecule has 16 heteroatoms. The van der Waals surface area contributed by atoms with Gasteiger partial charge in [-0.15, -0.1) is 0 Å². The highest BCUT2D eigenvalue weighted by molar-refractivity contribution is 7.89. The van der Waals surface area contributed by atoms with Crippen LogP contribution >= 0.6 is 0 Å². The van der Waals surface area contributed by atoms with Gasteiger partial charge in [-0.3, -0.25) is 14.7 Å². The maximum Gasteiger partial charge on any atom is 0.319 e. The van der Waals surface area contributed by atoms with Gasteiger partial charge in [0.1, 0.15) is 41.4 Å². The topological polar surface area (TPSA) is 164 Å². The van der Waals surface area contributed by atoms with Gasteiger partial charge in [0.2, 0.25) is 15.9 Å². The fourth-order valence-electron chi connectivity index (χ4n) is 8.69. The number of nitrogens with one attached hydrogen (secondary N) is 1. The van der Waals surface area contributed by atoms with Crippen LogP contribution in [0.1, 0.15) is 31.7 Å². The number of hydrogen-bond donors (Lipinski definition) is 3. The zero-order chi connectivity index (χ0) is 35.1. The van der Waals surface area contributed by atoms with E-state index in [-0.39, 0.29) is 65.3 Å². The first-order valence-electron chi connectivity index (χ1n) is 16.7. The number of aromatic nitrogens is 3. The monoisotopic (exact) mass is 711 g/mol. The van der Waals surface area contributed by atoms with Crippen molar-refractivity contribution in [3.63, 3.8) is 0 Å². The molecule has 5 atom stereocenters. The van der Waals surface area contributed by atoms with E-state index in [4.69, 9.17) is 9.88 Å². The van der Waals surface area contributed by atoms with E-state index in [1.54, 1.807) is 11.8 Å². The summed E-state index contributed by atoms with van der Waals surface area (Å²) < 4.78 is 76.6. The molecule has 4 aliphatic heterocycles. The van der Waals surface area contributed by atoms with Crippen LogP contribution in [0.5, 0.6) is 11.8 Å². The van der Waals surface area contributed by atoms with E-state index < -0.39 is 57.0 Å². The Labute approximate surface area is 285 Å². The standard InChI is InChI=1S/C34H36F3N7O5S/c1-2-20-25(36)5-4-17-8-19(45)9-21(27(17)20)29-28(37)30-22(11-39-29)31(43-13-23-24(14-43)32(46)40-26(23)15-50(38,47)48)42-33(41-30)49-16-34-6-3-7-44(34)12-18(35)10-34/h4-5,8-9,11,18,23-24,26,45H,2-3,6-7,10,12-16H2,1H3,(H,40,46)(H2,38,47,48)/t18-,23+,24-,26-,34+/m1/s1. The Balaban J connectivity index is 1.25. The minimum Gasteiger partial charge on any atom is -0.508 e. The molecule has 50 heavy (non-hydrogen) atoms. The molecular weight excluding hydrogens is 675 g/mol. The third-order valence-corrected chi connectivity index (χ3v) is 11.7. The number of pyridine rings is 1. The Bertz CT molecular complexity index is 2170. The first kappa shape index (κ1) is 32.9. The molecule has 4 aromatic rings. The number of amides is 1. The van der Waals surface area contributed by atoms with Crippen molar-refractivity contribution in [2.24, 2.45) is 17.0 Å². The Kier molecular flexibility index (Phi) is 7.84. The van der Waals surface area contributed by atoms with Gasteiger partial charge in [0.25, 0.3) is 0 Å². The van der Waals surface area contributed by atoms with Crippen LogP contribution in [0.4, 0.5) is 19.0 Å². The predicted octanol–water partition coefficient (Wildman–Crippen LogP) is 3.19. The molecule has 6 heterocycles. The first-order valence-corrected chi connectivity index (χ1v) is 18.4. The number of carbonyl (C=O) groups is 1. The van der Waals surface area contributed by atoms with E-state index in [0.717, 1.165) is 19.4 Å². The van der Waals surface area contributed by atoms with Gasteiger partial charge in [0.05, 0.1) is 22.6 Å². The Morgan fingerprint density at radius 2 is 2.00 bits per heavy atom. The number of halogens is 3. The fraction of sp³-hybridized carbons (Fsp3) is 0.471. The van der Waals surface area contributed by atoms with E-state index in [1.807, 2.05) is 0 Å². The van der Waals surface area contributed by atoms with Gasteiger partial charge < -0.3 is 20.1 Å². The molecule has 0 spiro atoms. The second-order valence-corrected chi connectivity index (χ2v) is 15.6. The number of carbonyl (C=O) groups excluding carboxylic acids is 1. The molecule has 4 aliphatic rings. The molecule has 0 aliphatic carbocycles. The Morgan fingerprint density at radius 3 is 2.78 bits per heavy atom. The second-order valence-electron chi connectivity index (χ2n) is 14.0.